The van der Waals surface area contributed by atoms with Crippen LogP contribution in [0.4, 0.5) is 0 Å². The van der Waals surface area contributed by atoms with Gasteiger partial charge in [0.1, 0.15) is 12.4 Å². The van der Waals surface area contributed by atoms with Crippen LogP contribution >= 0.6 is 25.2 Å². The molecule has 2 rings (SSSR count). The van der Waals surface area contributed by atoms with Crippen LogP contribution in [0.5, 0.6) is 5.75 Å². The molecule has 1 aromatic carbocycles. The summed E-state index contributed by atoms with van der Waals surface area (Å²) in [7, 11) is 4.40. The van der Waals surface area contributed by atoms with E-state index in [-0.39, 0.29) is 0 Å². The molecule has 1 fully saturated rings. The number of hydrogen-bond donors (Lipinski definition) is 0. The molecular formula is C15H20BrO2P. The van der Waals surface area contributed by atoms with Crippen LogP contribution in [0.3, 0.4) is 0 Å². The standard InChI is InChI=1S/C15H20BrO2P/c1-10(15(16)11-3-4-11)12-5-6-13(14(19)9-12)18-8-7-17-2/h5-6,9,11,15H,1,3-4,7-8,19H2,2H3. The number of allylic oxidation sites excluding steroid dienone is 1. The molecule has 2 atom stereocenters. The molecule has 104 valence electrons. The van der Waals surface area contributed by atoms with Gasteiger partial charge in [0.25, 0.3) is 0 Å². The Labute approximate surface area is 125 Å². The Kier molecular flexibility index (Phi) is 5.44. The molecule has 0 aliphatic heterocycles. The maximum atomic E-state index is 5.64. The summed E-state index contributed by atoms with van der Waals surface area (Å²) in [4.78, 5) is 0.400. The molecule has 0 amide bonds. The minimum absolute atomic E-state index is 0.400. The third-order valence-electron chi connectivity index (χ3n) is 3.29. The van der Waals surface area contributed by atoms with Crippen LogP contribution in [0.15, 0.2) is 24.8 Å². The molecule has 2 nitrogen and oxygen atoms in total. The zero-order valence-electron chi connectivity index (χ0n) is 11.2. The lowest BCUT2D eigenvalue weighted by Crippen LogP contribution is -2.10. The van der Waals surface area contributed by atoms with Gasteiger partial charge in [-0.3, -0.25) is 0 Å². The Morgan fingerprint density at radius 1 is 1.47 bits per heavy atom. The summed E-state index contributed by atoms with van der Waals surface area (Å²) in [6, 6.07) is 6.20. The predicted octanol–water partition coefficient (Wildman–Crippen LogP) is 3.40. The molecule has 0 N–H and O–H groups in total. The lowest BCUT2D eigenvalue weighted by molar-refractivity contribution is 0.147. The molecule has 1 aliphatic rings. The summed E-state index contributed by atoms with van der Waals surface area (Å²) in [6.07, 6.45) is 2.61. The Morgan fingerprint density at radius 2 is 2.21 bits per heavy atom. The first-order chi connectivity index (χ1) is 9.13. The molecule has 1 saturated carbocycles. The SMILES string of the molecule is C=C(c1ccc(OCCOC)c(P)c1)C(Br)C1CC1. The highest BCUT2D eigenvalue weighted by Gasteiger charge is 2.31. The van der Waals surface area contributed by atoms with Gasteiger partial charge in [-0.05, 0) is 42.0 Å². The van der Waals surface area contributed by atoms with E-state index in [1.165, 1.54) is 18.4 Å². The fraction of sp³-hybridized carbons (Fsp3) is 0.467. The largest absolute Gasteiger partial charge is 0.491 e. The molecule has 4 heteroatoms. The third kappa shape index (κ3) is 4.05. The third-order valence-corrected chi connectivity index (χ3v) is 5.05. The summed E-state index contributed by atoms with van der Waals surface area (Å²) >= 11 is 3.75. The van der Waals surface area contributed by atoms with Crippen LogP contribution in [0, 0.1) is 5.92 Å². The first kappa shape index (κ1) is 15.0. The van der Waals surface area contributed by atoms with Gasteiger partial charge >= 0.3 is 0 Å². The van der Waals surface area contributed by atoms with E-state index < -0.39 is 0 Å². The molecule has 0 aromatic heterocycles. The lowest BCUT2D eigenvalue weighted by atomic mass is 10.0. The normalized spacial score (nSPS) is 16.2. The zero-order chi connectivity index (χ0) is 13.8. The Morgan fingerprint density at radius 3 is 2.79 bits per heavy atom. The smallest absolute Gasteiger partial charge is 0.126 e. The van der Waals surface area contributed by atoms with Gasteiger partial charge in [-0.1, -0.05) is 28.6 Å². The van der Waals surface area contributed by atoms with Crippen molar-refractivity contribution in [3.05, 3.63) is 30.3 Å². The van der Waals surface area contributed by atoms with E-state index in [4.69, 9.17) is 9.47 Å². The highest BCUT2D eigenvalue weighted by Crippen LogP contribution is 2.42. The molecule has 1 aromatic rings. The number of rotatable bonds is 7. The molecule has 0 radical (unpaired) electrons. The van der Waals surface area contributed by atoms with E-state index in [0.29, 0.717) is 18.0 Å². The molecule has 19 heavy (non-hydrogen) atoms. The molecule has 0 spiro atoms. The Balaban J connectivity index is 2.03. The number of alkyl halides is 1. The van der Waals surface area contributed by atoms with Gasteiger partial charge in [0.2, 0.25) is 0 Å². The van der Waals surface area contributed by atoms with Crippen LogP contribution in [0.1, 0.15) is 18.4 Å². The monoisotopic (exact) mass is 342 g/mol. The number of hydrogen-bond acceptors (Lipinski definition) is 2. The molecular weight excluding hydrogens is 323 g/mol. The van der Waals surface area contributed by atoms with Crippen LogP contribution in [-0.4, -0.2) is 25.2 Å². The van der Waals surface area contributed by atoms with Crippen molar-refractivity contribution in [3.63, 3.8) is 0 Å². The number of benzene rings is 1. The summed E-state index contributed by atoms with van der Waals surface area (Å²) in [5.74, 6) is 1.65. The average Bonchev–Trinajstić information content (AvgIpc) is 3.23. The van der Waals surface area contributed by atoms with Crippen LogP contribution in [0.2, 0.25) is 0 Å². The second-order valence-electron chi connectivity index (χ2n) is 4.86. The van der Waals surface area contributed by atoms with E-state index in [1.54, 1.807) is 7.11 Å². The Hall–Kier alpha value is -0.370. The van der Waals surface area contributed by atoms with E-state index in [2.05, 4.69) is 43.9 Å². The van der Waals surface area contributed by atoms with E-state index in [9.17, 15) is 0 Å². The molecule has 0 saturated heterocycles. The van der Waals surface area contributed by atoms with Crippen molar-refractivity contribution < 1.29 is 9.47 Å². The predicted molar refractivity (Wildman–Crippen MR) is 87.6 cm³/mol. The summed E-state index contributed by atoms with van der Waals surface area (Å²) in [5.41, 5.74) is 2.34. The minimum Gasteiger partial charge on any atom is -0.491 e. The van der Waals surface area contributed by atoms with Crippen molar-refractivity contribution in [2.24, 2.45) is 5.92 Å². The molecule has 2 unspecified atom stereocenters. The van der Waals surface area contributed by atoms with Gasteiger partial charge in [-0.25, -0.2) is 0 Å². The van der Waals surface area contributed by atoms with Gasteiger partial charge in [0, 0.05) is 17.2 Å². The highest BCUT2D eigenvalue weighted by atomic mass is 79.9. The summed E-state index contributed by atoms with van der Waals surface area (Å²) in [5, 5.41) is 1.06. The highest BCUT2D eigenvalue weighted by molar-refractivity contribution is 9.09. The van der Waals surface area contributed by atoms with Crippen molar-refractivity contribution >= 4 is 36.0 Å². The lowest BCUT2D eigenvalue weighted by Gasteiger charge is -2.15. The van der Waals surface area contributed by atoms with Crippen molar-refractivity contribution in [3.8, 4) is 5.75 Å². The van der Waals surface area contributed by atoms with Crippen molar-refractivity contribution in [1.29, 1.82) is 0 Å². The topological polar surface area (TPSA) is 18.5 Å². The van der Waals surface area contributed by atoms with Crippen molar-refractivity contribution in [2.75, 3.05) is 20.3 Å². The zero-order valence-corrected chi connectivity index (χ0v) is 13.9. The van der Waals surface area contributed by atoms with Crippen molar-refractivity contribution in [2.45, 2.75) is 17.7 Å². The number of ether oxygens (including phenoxy) is 2. The van der Waals surface area contributed by atoms with E-state index in [0.717, 1.165) is 22.5 Å². The van der Waals surface area contributed by atoms with Gasteiger partial charge in [0.15, 0.2) is 0 Å². The first-order valence-corrected chi connectivity index (χ1v) is 7.97. The first-order valence-electron chi connectivity index (χ1n) is 6.48. The number of methoxy groups -OCH3 is 1. The van der Waals surface area contributed by atoms with E-state index >= 15 is 0 Å². The van der Waals surface area contributed by atoms with Gasteiger partial charge in [-0.15, -0.1) is 9.24 Å². The molecule has 0 heterocycles. The van der Waals surface area contributed by atoms with Gasteiger partial charge < -0.3 is 9.47 Å². The average molecular weight is 343 g/mol. The van der Waals surface area contributed by atoms with Crippen LogP contribution in [-0.2, 0) is 4.74 Å². The fourth-order valence-corrected chi connectivity index (χ4v) is 3.10. The number of halogens is 1. The second-order valence-corrected chi connectivity index (χ2v) is 6.47. The second kappa shape index (κ2) is 6.88. The summed E-state index contributed by atoms with van der Waals surface area (Å²) in [6.45, 7) is 5.39. The summed E-state index contributed by atoms with van der Waals surface area (Å²) < 4.78 is 10.6. The molecule has 1 aliphatic carbocycles. The van der Waals surface area contributed by atoms with Crippen LogP contribution in [0.25, 0.3) is 5.57 Å². The maximum absolute atomic E-state index is 5.64. The Bertz CT molecular complexity index is 457. The maximum Gasteiger partial charge on any atom is 0.126 e. The molecule has 0 bridgehead atoms. The van der Waals surface area contributed by atoms with E-state index in [1.807, 2.05) is 6.07 Å². The van der Waals surface area contributed by atoms with Crippen LogP contribution < -0.4 is 10.0 Å². The quantitative estimate of drug-likeness (QED) is 0.429. The van der Waals surface area contributed by atoms with Gasteiger partial charge in [0.05, 0.1) is 6.61 Å². The van der Waals surface area contributed by atoms with Gasteiger partial charge in [-0.2, -0.15) is 0 Å². The minimum atomic E-state index is 0.400. The fourth-order valence-electron chi connectivity index (χ4n) is 1.95. The van der Waals surface area contributed by atoms with Crippen molar-refractivity contribution in [1.82, 2.24) is 0 Å².